The Morgan fingerprint density at radius 3 is 1.91 bits per heavy atom. The second-order valence-electron chi connectivity index (χ2n) is 7.37. The quantitative estimate of drug-likeness (QED) is 0.509. The minimum absolute atomic E-state index is 0.0243. The average Bonchev–Trinajstić information content (AvgIpc) is 3.23. The fourth-order valence-electron chi connectivity index (χ4n) is 3.58. The molecule has 2 aromatic rings. The first kappa shape index (κ1) is 22.2. The summed E-state index contributed by atoms with van der Waals surface area (Å²) in [5.41, 5.74) is 0.456. The summed E-state index contributed by atoms with van der Waals surface area (Å²) in [4.78, 5) is 21.0. The first-order valence-electron chi connectivity index (χ1n) is 9.72. The van der Waals surface area contributed by atoms with Gasteiger partial charge in [0.25, 0.3) is 11.4 Å². The number of nitro benzene ring substituents is 2. The minimum atomic E-state index is -1.39. The van der Waals surface area contributed by atoms with Crippen molar-refractivity contribution in [2.45, 2.75) is 37.0 Å². The molecule has 170 valence electrons. The molecule has 12 heteroatoms. The Kier molecular flexibility index (Phi) is 6.41. The van der Waals surface area contributed by atoms with Gasteiger partial charge in [-0.25, -0.2) is 0 Å². The van der Waals surface area contributed by atoms with Crippen molar-refractivity contribution < 1.29 is 39.0 Å². The van der Waals surface area contributed by atoms with Gasteiger partial charge in [-0.15, -0.1) is 0 Å². The van der Waals surface area contributed by atoms with E-state index in [-0.39, 0.29) is 24.6 Å². The fraction of sp³-hybridized carbons (Fsp3) is 0.400. The van der Waals surface area contributed by atoms with E-state index >= 15 is 0 Å². The molecule has 2 unspecified atom stereocenters. The topological polar surface area (TPSA) is 164 Å². The van der Waals surface area contributed by atoms with Gasteiger partial charge >= 0.3 is 0 Å². The summed E-state index contributed by atoms with van der Waals surface area (Å²) in [6.07, 6.45) is -6.67. The van der Waals surface area contributed by atoms with E-state index in [1.54, 1.807) is 12.1 Å². The third-order valence-electron chi connectivity index (χ3n) is 5.21. The van der Waals surface area contributed by atoms with Gasteiger partial charge in [0, 0.05) is 35.4 Å². The van der Waals surface area contributed by atoms with E-state index in [2.05, 4.69) is 0 Å². The second-order valence-corrected chi connectivity index (χ2v) is 7.37. The number of nitro groups is 2. The van der Waals surface area contributed by atoms with E-state index in [0.29, 0.717) is 11.1 Å². The van der Waals surface area contributed by atoms with Crippen LogP contribution in [0.3, 0.4) is 0 Å². The predicted octanol–water partition coefficient (Wildman–Crippen LogP) is 1.75. The van der Waals surface area contributed by atoms with Crippen LogP contribution in [-0.4, -0.2) is 57.7 Å². The third kappa shape index (κ3) is 4.60. The number of hydrogen-bond acceptors (Lipinski definition) is 10. The Balaban J connectivity index is 1.53. The molecule has 2 heterocycles. The lowest BCUT2D eigenvalue weighted by Crippen LogP contribution is -2.46. The van der Waals surface area contributed by atoms with Crippen LogP contribution >= 0.6 is 0 Å². The van der Waals surface area contributed by atoms with Crippen molar-refractivity contribution in [3.63, 3.8) is 0 Å². The molecule has 2 aliphatic rings. The van der Waals surface area contributed by atoms with Crippen LogP contribution in [0.25, 0.3) is 0 Å². The average molecular weight is 448 g/mol. The first-order valence-corrected chi connectivity index (χ1v) is 9.72. The van der Waals surface area contributed by atoms with Crippen LogP contribution in [0.4, 0.5) is 11.4 Å². The van der Waals surface area contributed by atoms with Gasteiger partial charge in [0.05, 0.1) is 23.1 Å². The van der Waals surface area contributed by atoms with Gasteiger partial charge in [0.1, 0.15) is 24.4 Å². The summed E-state index contributed by atoms with van der Waals surface area (Å²) < 4.78 is 22.8. The lowest BCUT2D eigenvalue weighted by molar-refractivity contribution is -0.385. The molecule has 2 N–H and O–H groups in total. The Labute approximate surface area is 181 Å². The van der Waals surface area contributed by atoms with Gasteiger partial charge in [0.15, 0.2) is 12.6 Å². The SMILES string of the molecule is O=[N+]([O-])c1cccc(C2OC[C@H](O)[C@@H](O)[C@@H]([C@H]3COC(c4cccc([N+](=O)[O-])c4)O3)O2)c1. The van der Waals surface area contributed by atoms with Crippen LogP contribution in [0.2, 0.25) is 0 Å². The lowest BCUT2D eigenvalue weighted by Gasteiger charge is -2.28. The van der Waals surface area contributed by atoms with Crippen LogP contribution < -0.4 is 0 Å². The molecule has 0 radical (unpaired) electrons. The molecule has 12 nitrogen and oxygen atoms in total. The number of aliphatic hydroxyl groups excluding tert-OH is 2. The number of rotatable bonds is 5. The minimum Gasteiger partial charge on any atom is -0.388 e. The van der Waals surface area contributed by atoms with Gasteiger partial charge in [0.2, 0.25) is 0 Å². The first-order chi connectivity index (χ1) is 15.3. The van der Waals surface area contributed by atoms with E-state index in [1.165, 1.54) is 36.4 Å². The standard InChI is InChI=1S/C20H20N2O10/c23-15-9-29-20(12-4-2-6-14(8-12)22(27)28)32-18(17(15)24)16-10-30-19(31-16)11-3-1-5-13(7-11)21(25)26/h1-8,15-20,23-24H,9-10H2/t15-,16+,17+,18+,19?,20?/m0/s1. The zero-order valence-electron chi connectivity index (χ0n) is 16.6. The Hall–Kier alpha value is -3.00. The summed E-state index contributed by atoms with van der Waals surface area (Å²) in [7, 11) is 0. The van der Waals surface area contributed by atoms with Crippen LogP contribution in [0.15, 0.2) is 48.5 Å². The van der Waals surface area contributed by atoms with Crippen molar-refractivity contribution >= 4 is 11.4 Å². The molecule has 0 aliphatic carbocycles. The summed E-state index contributed by atoms with van der Waals surface area (Å²) in [6.45, 7) is -0.295. The van der Waals surface area contributed by atoms with Crippen molar-refractivity contribution in [1.29, 1.82) is 0 Å². The van der Waals surface area contributed by atoms with E-state index in [4.69, 9.17) is 18.9 Å². The zero-order valence-corrected chi connectivity index (χ0v) is 16.6. The highest BCUT2D eigenvalue weighted by Crippen LogP contribution is 2.35. The summed E-state index contributed by atoms with van der Waals surface area (Å²) in [5.74, 6) is 0. The lowest BCUT2D eigenvalue weighted by atomic mass is 10.0. The van der Waals surface area contributed by atoms with Gasteiger partial charge < -0.3 is 29.2 Å². The molecule has 2 fully saturated rings. The molecule has 2 saturated heterocycles. The molecule has 0 spiro atoms. The molecule has 0 amide bonds. The summed E-state index contributed by atoms with van der Waals surface area (Å²) in [5, 5.41) is 42.9. The second kappa shape index (κ2) is 9.24. The summed E-state index contributed by atoms with van der Waals surface area (Å²) in [6, 6.07) is 11.4. The van der Waals surface area contributed by atoms with Gasteiger partial charge in [-0.1, -0.05) is 24.3 Å². The normalized spacial score (nSPS) is 30.6. The van der Waals surface area contributed by atoms with Crippen molar-refractivity contribution in [1.82, 2.24) is 0 Å². The Bertz CT molecular complexity index is 1000. The van der Waals surface area contributed by atoms with Crippen molar-refractivity contribution in [2.75, 3.05) is 13.2 Å². The van der Waals surface area contributed by atoms with Crippen molar-refractivity contribution in [3.8, 4) is 0 Å². The van der Waals surface area contributed by atoms with Crippen LogP contribution in [-0.2, 0) is 18.9 Å². The van der Waals surface area contributed by atoms with Gasteiger partial charge in [-0.2, -0.15) is 0 Å². The van der Waals surface area contributed by atoms with E-state index < -0.39 is 46.8 Å². The maximum atomic E-state index is 11.1. The maximum Gasteiger partial charge on any atom is 0.269 e. The highest BCUT2D eigenvalue weighted by molar-refractivity contribution is 5.36. The van der Waals surface area contributed by atoms with E-state index in [0.717, 1.165) is 0 Å². The van der Waals surface area contributed by atoms with Crippen LogP contribution in [0.1, 0.15) is 23.7 Å². The number of benzene rings is 2. The van der Waals surface area contributed by atoms with Gasteiger partial charge in [-0.3, -0.25) is 20.2 Å². The molecular formula is C20H20N2O10. The molecule has 2 aromatic carbocycles. The highest BCUT2D eigenvalue weighted by Gasteiger charge is 2.44. The molecule has 4 rings (SSSR count). The van der Waals surface area contributed by atoms with Crippen molar-refractivity contribution in [3.05, 3.63) is 79.9 Å². The number of hydrogen-bond donors (Lipinski definition) is 2. The number of aliphatic hydroxyl groups is 2. The zero-order chi connectivity index (χ0) is 22.8. The molecule has 32 heavy (non-hydrogen) atoms. The van der Waals surface area contributed by atoms with E-state index in [1.807, 2.05) is 0 Å². The summed E-state index contributed by atoms with van der Waals surface area (Å²) >= 11 is 0. The molecule has 0 bridgehead atoms. The molecule has 2 aliphatic heterocycles. The number of ether oxygens (including phenoxy) is 4. The molecular weight excluding hydrogens is 428 g/mol. The Morgan fingerprint density at radius 1 is 0.812 bits per heavy atom. The number of nitrogens with zero attached hydrogens (tertiary/aromatic N) is 2. The van der Waals surface area contributed by atoms with Crippen LogP contribution in [0, 0.1) is 20.2 Å². The maximum absolute atomic E-state index is 11.1. The molecule has 0 saturated carbocycles. The van der Waals surface area contributed by atoms with Crippen molar-refractivity contribution in [2.24, 2.45) is 0 Å². The number of non-ortho nitro benzene ring substituents is 2. The smallest absolute Gasteiger partial charge is 0.269 e. The van der Waals surface area contributed by atoms with Gasteiger partial charge in [-0.05, 0) is 0 Å². The highest BCUT2D eigenvalue weighted by atomic mass is 16.7. The molecule has 0 aromatic heterocycles. The third-order valence-corrected chi connectivity index (χ3v) is 5.21. The van der Waals surface area contributed by atoms with Crippen LogP contribution in [0.5, 0.6) is 0 Å². The van der Waals surface area contributed by atoms with E-state index in [9.17, 15) is 30.4 Å². The monoisotopic (exact) mass is 448 g/mol. The fourth-order valence-corrected chi connectivity index (χ4v) is 3.58. The molecule has 6 atom stereocenters. The Morgan fingerprint density at radius 2 is 1.34 bits per heavy atom. The predicted molar refractivity (Wildman–Crippen MR) is 105 cm³/mol. The largest absolute Gasteiger partial charge is 0.388 e.